The molecule has 3 N–H and O–H groups in total. The van der Waals surface area contributed by atoms with E-state index in [-0.39, 0.29) is 5.82 Å². The van der Waals surface area contributed by atoms with Crippen LogP contribution in [-0.2, 0) is 6.42 Å². The van der Waals surface area contributed by atoms with Gasteiger partial charge in [-0.3, -0.25) is 9.78 Å². The second kappa shape index (κ2) is 5.56. The van der Waals surface area contributed by atoms with Gasteiger partial charge in [0.25, 0.3) is 5.56 Å². The molecule has 100 valence electrons. The number of nitrogen functional groups attached to an aromatic ring is 1. The minimum atomic E-state index is -0.522. The first-order valence-corrected chi connectivity index (χ1v) is 6.33. The number of nitrogens with one attached hydrogen (secondary N) is 1. The molecular weight excluding hydrogens is 242 g/mol. The van der Waals surface area contributed by atoms with Crippen molar-refractivity contribution in [2.24, 2.45) is 0 Å². The number of aryl methyl sites for hydroxylation is 1. The van der Waals surface area contributed by atoms with Gasteiger partial charge in [-0.05, 0) is 30.5 Å². The van der Waals surface area contributed by atoms with E-state index in [4.69, 9.17) is 5.73 Å². The Morgan fingerprint density at radius 1 is 1.21 bits per heavy atom. The van der Waals surface area contributed by atoms with Gasteiger partial charge >= 0.3 is 5.69 Å². The van der Waals surface area contributed by atoms with Gasteiger partial charge in [0.2, 0.25) is 0 Å². The Hall–Kier alpha value is -2.30. The normalized spacial score (nSPS) is 10.6. The largest absolute Gasteiger partial charge is 0.385 e. The molecule has 0 atom stereocenters. The summed E-state index contributed by atoms with van der Waals surface area (Å²) in [5.74, 6) is 0.134. The Morgan fingerprint density at radius 2 is 1.89 bits per heavy atom. The molecule has 2 aromatic rings. The highest BCUT2D eigenvalue weighted by molar-refractivity contribution is 5.42. The molecule has 0 unspecified atom stereocenters. The summed E-state index contributed by atoms with van der Waals surface area (Å²) in [6, 6.07) is 8.82. The third-order valence-electron chi connectivity index (χ3n) is 2.98. The molecule has 0 fully saturated rings. The van der Waals surface area contributed by atoms with Crippen molar-refractivity contribution in [1.29, 1.82) is 0 Å². The standard InChI is InChI=1S/C14H17N3O2/c1-2-3-4-10-5-7-11(8-6-10)17-12(15)9-13(18)16-14(17)19/h5-9H,2-4,15H2,1H3,(H,16,18,19). The van der Waals surface area contributed by atoms with Crippen molar-refractivity contribution in [3.63, 3.8) is 0 Å². The fraction of sp³-hybridized carbons (Fsp3) is 0.286. The summed E-state index contributed by atoms with van der Waals surface area (Å²) in [4.78, 5) is 25.1. The number of H-pyrrole nitrogens is 1. The Kier molecular flexibility index (Phi) is 3.85. The average Bonchev–Trinajstić information content (AvgIpc) is 2.36. The van der Waals surface area contributed by atoms with Crippen molar-refractivity contribution in [3.05, 3.63) is 56.7 Å². The Bertz CT molecular complexity index is 668. The van der Waals surface area contributed by atoms with Crippen molar-refractivity contribution in [2.45, 2.75) is 26.2 Å². The van der Waals surface area contributed by atoms with Crippen LogP contribution >= 0.6 is 0 Å². The summed E-state index contributed by atoms with van der Waals surface area (Å²) >= 11 is 0. The van der Waals surface area contributed by atoms with Gasteiger partial charge in [0.05, 0.1) is 5.69 Å². The lowest BCUT2D eigenvalue weighted by Crippen LogP contribution is -2.30. The van der Waals surface area contributed by atoms with E-state index in [1.165, 1.54) is 16.2 Å². The maximum atomic E-state index is 11.7. The van der Waals surface area contributed by atoms with E-state index in [2.05, 4.69) is 11.9 Å². The van der Waals surface area contributed by atoms with E-state index in [9.17, 15) is 9.59 Å². The van der Waals surface area contributed by atoms with Crippen molar-refractivity contribution in [1.82, 2.24) is 9.55 Å². The Morgan fingerprint density at radius 3 is 2.47 bits per heavy atom. The summed E-state index contributed by atoms with van der Waals surface area (Å²) in [7, 11) is 0. The molecule has 0 spiro atoms. The smallest absolute Gasteiger partial charge is 0.334 e. The molecule has 0 saturated heterocycles. The number of rotatable bonds is 4. The zero-order valence-electron chi connectivity index (χ0n) is 10.8. The highest BCUT2D eigenvalue weighted by Crippen LogP contribution is 2.12. The molecule has 0 amide bonds. The van der Waals surface area contributed by atoms with Crippen LogP contribution in [0.15, 0.2) is 39.9 Å². The molecule has 0 aliphatic carbocycles. The fourth-order valence-corrected chi connectivity index (χ4v) is 1.97. The third kappa shape index (κ3) is 2.93. The van der Waals surface area contributed by atoms with Gasteiger partial charge in [-0.15, -0.1) is 0 Å². The van der Waals surface area contributed by atoms with E-state index in [1.807, 2.05) is 24.3 Å². The highest BCUT2D eigenvalue weighted by atomic mass is 16.2. The van der Waals surface area contributed by atoms with Gasteiger partial charge < -0.3 is 5.73 Å². The van der Waals surface area contributed by atoms with Crippen LogP contribution in [0.5, 0.6) is 0 Å². The van der Waals surface area contributed by atoms with Gasteiger partial charge in [-0.1, -0.05) is 25.5 Å². The van der Waals surface area contributed by atoms with Gasteiger partial charge in [0, 0.05) is 6.07 Å². The second-order valence-corrected chi connectivity index (χ2v) is 4.47. The molecule has 0 bridgehead atoms. The average molecular weight is 259 g/mol. The molecule has 1 heterocycles. The molecular formula is C14H17N3O2. The van der Waals surface area contributed by atoms with Gasteiger partial charge in [-0.2, -0.15) is 0 Å². The van der Waals surface area contributed by atoms with Crippen LogP contribution in [0.4, 0.5) is 5.82 Å². The number of hydrogen-bond donors (Lipinski definition) is 2. The minimum absolute atomic E-state index is 0.134. The lowest BCUT2D eigenvalue weighted by Gasteiger charge is -2.09. The number of nitrogens with zero attached hydrogens (tertiary/aromatic N) is 1. The monoisotopic (exact) mass is 259 g/mol. The van der Waals surface area contributed by atoms with E-state index in [1.54, 1.807) is 0 Å². The van der Waals surface area contributed by atoms with Gasteiger partial charge in [0.15, 0.2) is 0 Å². The number of anilines is 1. The number of aromatic amines is 1. The zero-order chi connectivity index (χ0) is 13.8. The van der Waals surface area contributed by atoms with Crippen LogP contribution in [0.1, 0.15) is 25.3 Å². The predicted octanol–water partition coefficient (Wildman–Crippen LogP) is 1.45. The number of nitrogens with two attached hydrogens (primary N) is 1. The van der Waals surface area contributed by atoms with Crippen molar-refractivity contribution < 1.29 is 0 Å². The summed E-state index contributed by atoms with van der Waals surface area (Å²) in [6.07, 6.45) is 3.31. The maximum Gasteiger partial charge on any atom is 0.334 e. The molecule has 0 aliphatic rings. The fourth-order valence-electron chi connectivity index (χ4n) is 1.97. The quantitative estimate of drug-likeness (QED) is 0.872. The summed E-state index contributed by atoms with van der Waals surface area (Å²) in [6.45, 7) is 2.15. The molecule has 2 rings (SSSR count). The van der Waals surface area contributed by atoms with Crippen LogP contribution in [-0.4, -0.2) is 9.55 Å². The topological polar surface area (TPSA) is 80.9 Å². The van der Waals surface area contributed by atoms with Crippen molar-refractivity contribution in [2.75, 3.05) is 5.73 Å². The van der Waals surface area contributed by atoms with E-state index < -0.39 is 11.2 Å². The molecule has 1 aromatic carbocycles. The van der Waals surface area contributed by atoms with Crippen molar-refractivity contribution in [3.8, 4) is 5.69 Å². The summed E-state index contributed by atoms with van der Waals surface area (Å²) < 4.78 is 1.28. The molecule has 19 heavy (non-hydrogen) atoms. The summed E-state index contributed by atoms with van der Waals surface area (Å²) in [5.41, 5.74) is 6.58. The number of aromatic nitrogens is 2. The molecule has 5 nitrogen and oxygen atoms in total. The third-order valence-corrected chi connectivity index (χ3v) is 2.98. The van der Waals surface area contributed by atoms with Crippen LogP contribution in [0.2, 0.25) is 0 Å². The first-order chi connectivity index (χ1) is 9.11. The SMILES string of the molecule is CCCCc1ccc(-n2c(N)cc(=O)[nH]c2=O)cc1. The van der Waals surface area contributed by atoms with Crippen molar-refractivity contribution >= 4 is 5.82 Å². The van der Waals surface area contributed by atoms with E-state index in [0.29, 0.717) is 5.69 Å². The molecule has 0 radical (unpaired) electrons. The highest BCUT2D eigenvalue weighted by Gasteiger charge is 2.05. The number of unbranched alkanes of at least 4 members (excludes halogenated alkanes) is 1. The molecule has 1 aromatic heterocycles. The lowest BCUT2D eigenvalue weighted by atomic mass is 10.1. The van der Waals surface area contributed by atoms with E-state index >= 15 is 0 Å². The van der Waals surface area contributed by atoms with Crippen LogP contribution in [0.25, 0.3) is 5.69 Å². The van der Waals surface area contributed by atoms with E-state index in [0.717, 1.165) is 19.3 Å². The first-order valence-electron chi connectivity index (χ1n) is 6.33. The first kappa shape index (κ1) is 13.1. The van der Waals surface area contributed by atoms with Crippen LogP contribution in [0.3, 0.4) is 0 Å². The number of benzene rings is 1. The molecule has 5 heteroatoms. The lowest BCUT2D eigenvalue weighted by molar-refractivity contribution is 0.794. The second-order valence-electron chi connectivity index (χ2n) is 4.47. The molecule has 0 aliphatic heterocycles. The Labute approximate surface area is 110 Å². The maximum absolute atomic E-state index is 11.7. The zero-order valence-corrected chi connectivity index (χ0v) is 10.8. The number of hydrogen-bond acceptors (Lipinski definition) is 3. The van der Waals surface area contributed by atoms with Crippen LogP contribution < -0.4 is 17.0 Å². The molecule has 0 saturated carbocycles. The van der Waals surface area contributed by atoms with Gasteiger partial charge in [-0.25, -0.2) is 9.36 Å². The minimum Gasteiger partial charge on any atom is -0.385 e. The van der Waals surface area contributed by atoms with Crippen LogP contribution in [0, 0.1) is 0 Å². The summed E-state index contributed by atoms with van der Waals surface area (Å²) in [5, 5.41) is 0. The van der Waals surface area contributed by atoms with Gasteiger partial charge in [0.1, 0.15) is 5.82 Å². The predicted molar refractivity (Wildman–Crippen MR) is 75.7 cm³/mol. The Balaban J connectivity index is 2.38.